The Morgan fingerprint density at radius 3 is 2.07 bits per heavy atom. The molecule has 0 spiro atoms. The van der Waals surface area contributed by atoms with Gasteiger partial charge in [-0.3, -0.25) is 0 Å². The van der Waals surface area contributed by atoms with Crippen LogP contribution < -0.4 is 0 Å². The highest BCUT2D eigenvalue weighted by atomic mass is 16.1. The quantitative estimate of drug-likeness (QED) is 0.532. The molecule has 5 heteroatoms. The third-order valence-corrected chi connectivity index (χ3v) is 1.17. The summed E-state index contributed by atoms with van der Waals surface area (Å²) in [6.45, 7) is 0. The van der Waals surface area contributed by atoms with Gasteiger partial charge in [-0.15, -0.1) is 0 Å². The molecule has 0 saturated heterocycles. The normalized spacial score (nSPS) is 6.79. The van der Waals surface area contributed by atoms with E-state index in [1.807, 2.05) is 6.07 Å². The number of nitrogens with one attached hydrogen (secondary N) is 1. The molecule has 0 saturated carbocycles. The minimum Gasteiger partial charge on any atom is -0.222 e. The van der Waals surface area contributed by atoms with Gasteiger partial charge in [-0.1, -0.05) is 0 Å². The van der Waals surface area contributed by atoms with Gasteiger partial charge in [-0.25, -0.2) is 15.0 Å². The van der Waals surface area contributed by atoms with E-state index in [1.165, 1.54) is 6.08 Å². The molecule has 5 nitrogen and oxygen atoms in total. The summed E-state index contributed by atoms with van der Waals surface area (Å²) in [5, 5.41) is 13.8. The maximum absolute atomic E-state index is 9.77. The highest BCUT2D eigenvalue weighted by Gasteiger charge is 1.89. The summed E-state index contributed by atoms with van der Waals surface area (Å²) in [5.74, 6) is 0. The average Bonchev–Trinajstić information content (AvgIpc) is 2.21. The van der Waals surface area contributed by atoms with Gasteiger partial charge in [0.2, 0.25) is 12.2 Å². The van der Waals surface area contributed by atoms with E-state index in [0.717, 1.165) is 6.08 Å². The van der Waals surface area contributed by atoms with Crippen molar-refractivity contribution in [2.24, 2.45) is 4.99 Å². The maximum Gasteiger partial charge on any atom is 0.240 e. The minimum absolute atomic E-state index is 0.513. The number of hydrogen-bond donors (Lipinski definition) is 1. The first kappa shape index (κ1) is 11.5. The van der Waals surface area contributed by atoms with Crippen molar-refractivity contribution in [3.05, 3.63) is 29.8 Å². The Balaban J connectivity index is 0.000000500. The molecule has 0 heterocycles. The zero-order valence-corrected chi connectivity index (χ0v) is 7.02. The summed E-state index contributed by atoms with van der Waals surface area (Å²) in [6, 6.07) is 8.32. The summed E-state index contributed by atoms with van der Waals surface area (Å²) < 4.78 is 0. The van der Waals surface area contributed by atoms with Crippen molar-refractivity contribution in [3.63, 3.8) is 0 Å². The van der Waals surface area contributed by atoms with E-state index >= 15 is 0 Å². The second-order valence-electron chi connectivity index (χ2n) is 1.96. The van der Waals surface area contributed by atoms with Crippen LogP contribution in [0.4, 0.5) is 5.69 Å². The van der Waals surface area contributed by atoms with Crippen LogP contribution in [0.2, 0.25) is 0 Å². The van der Waals surface area contributed by atoms with Gasteiger partial charge < -0.3 is 0 Å². The molecule has 0 aliphatic carbocycles. The second kappa shape index (κ2) is 7.14. The highest BCUT2D eigenvalue weighted by molar-refractivity contribution is 5.50. The van der Waals surface area contributed by atoms with Crippen molar-refractivity contribution >= 4 is 17.8 Å². The first-order valence-electron chi connectivity index (χ1n) is 3.40. The van der Waals surface area contributed by atoms with E-state index in [4.69, 9.17) is 15.5 Å². The van der Waals surface area contributed by atoms with Crippen LogP contribution in [0.3, 0.4) is 0 Å². The van der Waals surface area contributed by atoms with Crippen molar-refractivity contribution in [2.75, 3.05) is 0 Å². The molecule has 0 radical (unpaired) electrons. The van der Waals surface area contributed by atoms with Crippen LogP contribution in [0.1, 0.15) is 5.56 Å². The van der Waals surface area contributed by atoms with Gasteiger partial charge in [0.25, 0.3) is 0 Å². The molecular formula is C9H5N3O2. The number of nitriles is 1. The number of nitrogens with zero attached hydrogens (tertiary/aromatic N) is 2. The summed E-state index contributed by atoms with van der Waals surface area (Å²) in [6.07, 6.45) is 2.16. The Morgan fingerprint density at radius 1 is 1.21 bits per heavy atom. The van der Waals surface area contributed by atoms with Gasteiger partial charge in [-0.05, 0) is 24.3 Å². The summed E-state index contributed by atoms with van der Waals surface area (Å²) in [7, 11) is 0. The fraction of sp³-hybridized carbons (Fsp3) is 0. The summed E-state index contributed by atoms with van der Waals surface area (Å²) in [5.41, 5.74) is 1.06. The van der Waals surface area contributed by atoms with Crippen LogP contribution >= 0.6 is 0 Å². The Kier molecular flexibility index (Phi) is 5.85. The number of isocyanates is 2. The second-order valence-corrected chi connectivity index (χ2v) is 1.96. The Morgan fingerprint density at radius 2 is 1.71 bits per heavy atom. The molecule has 0 bridgehead atoms. The van der Waals surface area contributed by atoms with E-state index in [2.05, 4.69) is 4.99 Å². The molecule has 1 N–H and O–H groups in total. The largest absolute Gasteiger partial charge is 0.240 e. The van der Waals surface area contributed by atoms with Crippen LogP contribution in [0.5, 0.6) is 0 Å². The number of carbonyl (C=O) groups excluding carboxylic acids is 2. The molecule has 0 aliphatic heterocycles. The van der Waals surface area contributed by atoms with Crippen molar-refractivity contribution < 1.29 is 9.59 Å². The number of rotatable bonds is 1. The van der Waals surface area contributed by atoms with E-state index in [9.17, 15) is 4.79 Å². The third-order valence-electron chi connectivity index (χ3n) is 1.17. The summed E-state index contributed by atoms with van der Waals surface area (Å²) in [4.78, 5) is 21.5. The van der Waals surface area contributed by atoms with Gasteiger partial charge >= 0.3 is 0 Å². The fourth-order valence-corrected chi connectivity index (χ4v) is 0.663. The first-order valence-corrected chi connectivity index (χ1v) is 3.40. The zero-order chi connectivity index (χ0) is 10.8. The molecule has 1 aromatic carbocycles. The van der Waals surface area contributed by atoms with Gasteiger partial charge in [0.15, 0.2) is 0 Å². The molecule has 14 heavy (non-hydrogen) atoms. The number of hydrogen-bond acceptors (Lipinski definition) is 5. The minimum atomic E-state index is 0.513. The predicted molar refractivity (Wildman–Crippen MR) is 47.4 cm³/mol. The van der Waals surface area contributed by atoms with Crippen molar-refractivity contribution in [1.82, 2.24) is 0 Å². The van der Waals surface area contributed by atoms with Crippen LogP contribution in [0, 0.1) is 16.7 Å². The lowest BCUT2D eigenvalue weighted by molar-refractivity contribution is 0.562. The van der Waals surface area contributed by atoms with Crippen LogP contribution in [-0.2, 0) is 9.59 Å². The Labute approximate surface area is 79.8 Å². The standard InChI is InChI=1S/C8H4N2O.CHNO/c9-5-7-1-3-8(4-2-7)10-6-11;2-1-3/h1-4H;2H. The van der Waals surface area contributed by atoms with Gasteiger partial charge in [0, 0.05) is 0 Å². The SMILES string of the molecule is N#Cc1ccc(N=C=O)cc1.N=C=O. The first-order chi connectivity index (χ1) is 6.78. The van der Waals surface area contributed by atoms with Crippen molar-refractivity contribution in [2.45, 2.75) is 0 Å². The maximum atomic E-state index is 9.77. The summed E-state index contributed by atoms with van der Waals surface area (Å²) >= 11 is 0. The van der Waals surface area contributed by atoms with E-state index in [0.29, 0.717) is 11.3 Å². The molecule has 0 unspecified atom stereocenters. The van der Waals surface area contributed by atoms with Crippen molar-refractivity contribution in [3.8, 4) is 6.07 Å². The number of benzene rings is 1. The molecule has 0 amide bonds. The van der Waals surface area contributed by atoms with Crippen LogP contribution in [0.25, 0.3) is 0 Å². The lowest BCUT2D eigenvalue weighted by Gasteiger charge is -1.87. The van der Waals surface area contributed by atoms with Crippen LogP contribution in [0.15, 0.2) is 29.3 Å². The molecule has 0 fully saturated rings. The smallest absolute Gasteiger partial charge is 0.222 e. The van der Waals surface area contributed by atoms with E-state index in [1.54, 1.807) is 24.3 Å². The molecule has 0 aliphatic rings. The van der Waals surface area contributed by atoms with Gasteiger partial charge in [-0.2, -0.15) is 10.3 Å². The Bertz CT molecular complexity index is 405. The Hall–Kier alpha value is -2.53. The van der Waals surface area contributed by atoms with Crippen molar-refractivity contribution in [1.29, 1.82) is 10.7 Å². The zero-order valence-electron chi connectivity index (χ0n) is 7.02. The molecule has 0 atom stereocenters. The number of aliphatic imine (C=N–C) groups is 1. The molecule has 1 aromatic rings. The average molecular weight is 187 g/mol. The molecule has 0 aromatic heterocycles. The van der Waals surface area contributed by atoms with E-state index in [-0.39, 0.29) is 0 Å². The molecule has 1 rings (SSSR count). The lowest BCUT2D eigenvalue weighted by Crippen LogP contribution is -1.69. The topological polar surface area (TPSA) is 94.1 Å². The highest BCUT2D eigenvalue weighted by Crippen LogP contribution is 2.10. The van der Waals surface area contributed by atoms with Gasteiger partial charge in [0.05, 0.1) is 17.3 Å². The predicted octanol–water partition coefficient (Wildman–Crippen LogP) is 1.43. The molecular weight excluding hydrogens is 182 g/mol. The lowest BCUT2D eigenvalue weighted by atomic mass is 10.2. The van der Waals surface area contributed by atoms with Gasteiger partial charge in [0.1, 0.15) is 0 Å². The monoisotopic (exact) mass is 187 g/mol. The third kappa shape index (κ3) is 4.37. The van der Waals surface area contributed by atoms with Crippen LogP contribution in [-0.4, -0.2) is 12.2 Å². The van der Waals surface area contributed by atoms with E-state index < -0.39 is 0 Å². The fourth-order valence-electron chi connectivity index (χ4n) is 0.663. The molecule has 68 valence electrons.